The molecule has 0 fully saturated rings. The van der Waals surface area contributed by atoms with Gasteiger partial charge in [-0.25, -0.2) is 4.98 Å². The molecule has 1 unspecified atom stereocenters. The van der Waals surface area contributed by atoms with E-state index in [4.69, 9.17) is 5.84 Å². The largest absolute Gasteiger partial charge is 0.271 e. The van der Waals surface area contributed by atoms with E-state index in [2.05, 4.69) is 28.5 Å². The fourth-order valence-corrected chi connectivity index (χ4v) is 2.98. The maximum absolute atomic E-state index is 5.68. The Kier molecular flexibility index (Phi) is 4.11. The normalized spacial score (nSPS) is 12.9. The number of aryl methyl sites for hydroxylation is 3. The summed E-state index contributed by atoms with van der Waals surface area (Å²) in [5.41, 5.74) is 8.03. The molecule has 0 aromatic carbocycles. The lowest BCUT2D eigenvalue weighted by Gasteiger charge is -2.15. The zero-order valence-corrected chi connectivity index (χ0v) is 11.8. The fraction of sp³-hybridized carbons (Fsp3) is 0.500. The Morgan fingerprint density at radius 3 is 2.83 bits per heavy atom. The highest BCUT2D eigenvalue weighted by atomic mass is 32.1. The number of nitrogens with two attached hydrogens (primary N) is 1. The van der Waals surface area contributed by atoms with Gasteiger partial charge in [0.1, 0.15) is 0 Å². The van der Waals surface area contributed by atoms with Gasteiger partial charge in [-0.1, -0.05) is 0 Å². The Labute approximate surface area is 111 Å². The number of nitrogens with zero attached hydrogens (tertiary/aromatic N) is 3. The van der Waals surface area contributed by atoms with Crippen LogP contribution in [-0.4, -0.2) is 14.8 Å². The van der Waals surface area contributed by atoms with Crippen LogP contribution in [0.4, 0.5) is 0 Å². The van der Waals surface area contributed by atoms with E-state index in [1.54, 1.807) is 11.3 Å². The van der Waals surface area contributed by atoms with Gasteiger partial charge in [0.25, 0.3) is 0 Å². The number of hydrazine groups is 1. The lowest BCUT2D eigenvalue weighted by Crippen LogP contribution is -2.30. The number of nitrogens with one attached hydrogen (secondary N) is 1. The minimum absolute atomic E-state index is 0.0962. The van der Waals surface area contributed by atoms with E-state index >= 15 is 0 Å². The van der Waals surface area contributed by atoms with Crippen LogP contribution >= 0.6 is 11.3 Å². The first-order valence-corrected chi connectivity index (χ1v) is 6.93. The monoisotopic (exact) mass is 265 g/mol. The smallest absolute Gasteiger partial charge is 0.0798 e. The van der Waals surface area contributed by atoms with E-state index in [1.165, 1.54) is 10.6 Å². The minimum Gasteiger partial charge on any atom is -0.271 e. The summed E-state index contributed by atoms with van der Waals surface area (Å²) in [6, 6.07) is 2.21. The fourth-order valence-electron chi connectivity index (χ4n) is 2.12. The quantitative estimate of drug-likeness (QED) is 0.638. The van der Waals surface area contributed by atoms with Gasteiger partial charge in [0, 0.05) is 23.5 Å². The van der Waals surface area contributed by atoms with E-state index in [0.717, 1.165) is 24.4 Å². The molecule has 2 aromatic rings. The summed E-state index contributed by atoms with van der Waals surface area (Å²) in [6.07, 6.45) is 0.828. The molecule has 0 amide bonds. The second-order valence-corrected chi connectivity index (χ2v) is 5.20. The summed E-state index contributed by atoms with van der Waals surface area (Å²) in [4.78, 5) is 5.47. The Morgan fingerprint density at radius 2 is 2.28 bits per heavy atom. The molecule has 0 radical (unpaired) electrons. The molecule has 0 aliphatic rings. The lowest BCUT2D eigenvalue weighted by atomic mass is 10.1. The molecule has 0 saturated heterocycles. The first-order chi connectivity index (χ1) is 8.65. The molecule has 2 aromatic heterocycles. The van der Waals surface area contributed by atoms with E-state index in [1.807, 2.05) is 24.0 Å². The summed E-state index contributed by atoms with van der Waals surface area (Å²) in [7, 11) is 0. The molecule has 0 saturated carbocycles. The maximum atomic E-state index is 5.68. The van der Waals surface area contributed by atoms with Crippen LogP contribution in [0.2, 0.25) is 0 Å². The number of hydrogen-bond acceptors (Lipinski definition) is 5. The predicted octanol–water partition coefficient (Wildman–Crippen LogP) is 1.72. The first-order valence-electron chi connectivity index (χ1n) is 6.05. The van der Waals surface area contributed by atoms with Crippen molar-refractivity contribution >= 4 is 11.3 Å². The molecule has 5 nitrogen and oxygen atoms in total. The molecule has 3 N–H and O–H groups in total. The van der Waals surface area contributed by atoms with Gasteiger partial charge in [-0.05, 0) is 26.8 Å². The Hall–Kier alpha value is -1.24. The van der Waals surface area contributed by atoms with Crippen molar-refractivity contribution in [1.29, 1.82) is 0 Å². The minimum atomic E-state index is 0.0962. The average Bonchev–Trinajstić information content (AvgIpc) is 2.92. The SMILES string of the molecule is CCn1nc(C)cc1CC(NN)c1scnc1C. The van der Waals surface area contributed by atoms with E-state index in [9.17, 15) is 0 Å². The van der Waals surface area contributed by atoms with Crippen LogP contribution in [0.5, 0.6) is 0 Å². The molecule has 1 atom stereocenters. The molecule has 18 heavy (non-hydrogen) atoms. The van der Waals surface area contributed by atoms with Gasteiger partial charge in [-0.3, -0.25) is 16.0 Å². The zero-order chi connectivity index (χ0) is 13.1. The van der Waals surface area contributed by atoms with Crippen LogP contribution in [0.3, 0.4) is 0 Å². The summed E-state index contributed by atoms with van der Waals surface area (Å²) in [5.74, 6) is 5.68. The van der Waals surface area contributed by atoms with Crippen molar-refractivity contribution in [3.8, 4) is 0 Å². The molecule has 0 bridgehead atoms. The standard InChI is InChI=1S/C12H19N5S/c1-4-17-10(5-8(2)16-17)6-11(15-13)12-9(3)14-7-18-12/h5,7,11,15H,4,6,13H2,1-3H3. The molecule has 2 heterocycles. The molecule has 2 rings (SSSR count). The second-order valence-electron chi connectivity index (χ2n) is 4.32. The van der Waals surface area contributed by atoms with Crippen molar-refractivity contribution in [2.24, 2.45) is 5.84 Å². The number of thiazole rings is 1. The summed E-state index contributed by atoms with van der Waals surface area (Å²) in [6.45, 7) is 7.00. The van der Waals surface area contributed by atoms with Crippen molar-refractivity contribution in [3.05, 3.63) is 33.5 Å². The Morgan fingerprint density at radius 1 is 1.50 bits per heavy atom. The Bertz CT molecular complexity index is 516. The van der Waals surface area contributed by atoms with Crippen LogP contribution < -0.4 is 11.3 Å². The molecule has 6 heteroatoms. The van der Waals surface area contributed by atoms with E-state index < -0.39 is 0 Å². The lowest BCUT2D eigenvalue weighted by molar-refractivity contribution is 0.520. The summed E-state index contributed by atoms with van der Waals surface area (Å²) >= 11 is 1.64. The highest BCUT2D eigenvalue weighted by Gasteiger charge is 2.17. The van der Waals surface area contributed by atoms with Gasteiger partial charge < -0.3 is 0 Å². The van der Waals surface area contributed by atoms with Crippen LogP contribution in [-0.2, 0) is 13.0 Å². The summed E-state index contributed by atoms with van der Waals surface area (Å²) in [5, 5.41) is 4.46. The maximum Gasteiger partial charge on any atom is 0.0798 e. The second kappa shape index (κ2) is 5.60. The van der Waals surface area contributed by atoms with Gasteiger partial charge in [-0.15, -0.1) is 11.3 Å². The third-order valence-electron chi connectivity index (χ3n) is 3.00. The van der Waals surface area contributed by atoms with Crippen LogP contribution in [0.15, 0.2) is 11.6 Å². The van der Waals surface area contributed by atoms with Gasteiger partial charge in [0.05, 0.1) is 22.9 Å². The topological polar surface area (TPSA) is 68.8 Å². The molecule has 98 valence electrons. The highest BCUT2D eigenvalue weighted by molar-refractivity contribution is 7.09. The van der Waals surface area contributed by atoms with Crippen LogP contribution in [0.25, 0.3) is 0 Å². The number of aromatic nitrogens is 3. The molecule has 0 aliphatic heterocycles. The molecule has 0 spiro atoms. The first kappa shape index (κ1) is 13.2. The molecular weight excluding hydrogens is 246 g/mol. The highest BCUT2D eigenvalue weighted by Crippen LogP contribution is 2.24. The molecular formula is C12H19N5S. The number of rotatable bonds is 5. The summed E-state index contributed by atoms with van der Waals surface area (Å²) < 4.78 is 2.02. The molecule has 0 aliphatic carbocycles. The Balaban J connectivity index is 2.23. The van der Waals surface area contributed by atoms with Crippen molar-refractivity contribution in [3.63, 3.8) is 0 Å². The van der Waals surface area contributed by atoms with Crippen molar-refractivity contribution < 1.29 is 0 Å². The zero-order valence-electron chi connectivity index (χ0n) is 11.0. The van der Waals surface area contributed by atoms with Gasteiger partial charge in [0.2, 0.25) is 0 Å². The van der Waals surface area contributed by atoms with Crippen LogP contribution in [0, 0.1) is 13.8 Å². The average molecular weight is 265 g/mol. The third kappa shape index (κ3) is 2.60. The van der Waals surface area contributed by atoms with Crippen molar-refractivity contribution in [2.75, 3.05) is 0 Å². The van der Waals surface area contributed by atoms with E-state index in [-0.39, 0.29) is 6.04 Å². The van der Waals surface area contributed by atoms with Gasteiger partial charge in [-0.2, -0.15) is 5.10 Å². The predicted molar refractivity (Wildman–Crippen MR) is 73.3 cm³/mol. The van der Waals surface area contributed by atoms with E-state index in [0.29, 0.717) is 0 Å². The van der Waals surface area contributed by atoms with Crippen LogP contribution in [0.1, 0.15) is 34.9 Å². The third-order valence-corrected chi connectivity index (χ3v) is 4.04. The van der Waals surface area contributed by atoms with Crippen molar-refractivity contribution in [2.45, 2.75) is 39.8 Å². The van der Waals surface area contributed by atoms with Gasteiger partial charge in [0.15, 0.2) is 0 Å². The van der Waals surface area contributed by atoms with Gasteiger partial charge >= 0.3 is 0 Å². The van der Waals surface area contributed by atoms with Crippen molar-refractivity contribution in [1.82, 2.24) is 20.2 Å². The number of hydrogen-bond donors (Lipinski definition) is 2.